The maximum Gasteiger partial charge on any atom is 0.399 e. The van der Waals surface area contributed by atoms with Gasteiger partial charge in [0.05, 0.1) is 26.4 Å². The predicted molar refractivity (Wildman–Crippen MR) is 111 cm³/mol. The molecule has 2 heterocycles. The van der Waals surface area contributed by atoms with E-state index in [1.54, 1.807) is 16.7 Å². The molecule has 0 aromatic carbocycles. The molecule has 0 fully saturated rings. The van der Waals surface area contributed by atoms with Gasteiger partial charge in [-0.2, -0.15) is 0 Å². The van der Waals surface area contributed by atoms with Gasteiger partial charge >= 0.3 is 10.3 Å². The highest BCUT2D eigenvalue weighted by atomic mass is 79.9. The molecule has 0 spiro atoms. The summed E-state index contributed by atoms with van der Waals surface area (Å²) in [6.07, 6.45) is 4.49. The second-order valence-corrected chi connectivity index (χ2v) is 18.2. The third-order valence-corrected chi connectivity index (χ3v) is 14.7. The number of imidazole rings is 1. The first kappa shape index (κ1) is 25.3. The van der Waals surface area contributed by atoms with Gasteiger partial charge in [0.2, 0.25) is 0 Å². The maximum absolute atomic E-state index is 12.1. The summed E-state index contributed by atoms with van der Waals surface area (Å²) in [5.74, 6) is 0.205. The fourth-order valence-corrected chi connectivity index (χ4v) is 7.75. The van der Waals surface area contributed by atoms with E-state index >= 15 is 0 Å². The van der Waals surface area contributed by atoms with Crippen LogP contribution in [0.25, 0.3) is 11.2 Å². The quantitative estimate of drug-likeness (QED) is 0.198. The third-order valence-electron chi connectivity index (χ3n) is 4.13. The molecule has 0 radical (unpaired) electrons. The Morgan fingerprint density at radius 1 is 1.32 bits per heavy atom. The normalized spacial score (nSPS) is 23.7. The van der Waals surface area contributed by atoms with Gasteiger partial charge in [0, 0.05) is 6.42 Å². The van der Waals surface area contributed by atoms with Gasteiger partial charge in [0.1, 0.15) is 18.2 Å². The van der Waals surface area contributed by atoms with E-state index in [1.165, 1.54) is 12.7 Å². The van der Waals surface area contributed by atoms with E-state index in [1.807, 2.05) is 0 Å². The molecule has 3 rings (SSSR count). The third kappa shape index (κ3) is 5.26. The number of nitrogens with zero attached hydrogens (tertiary/aromatic N) is 4. The first-order valence-corrected chi connectivity index (χ1v) is 14.6. The minimum atomic E-state index is -5.57. The molecule has 14 nitrogen and oxygen atoms in total. The Kier molecular flexibility index (Phi) is 7.17. The van der Waals surface area contributed by atoms with Crippen molar-refractivity contribution in [2.45, 2.75) is 21.3 Å². The number of ether oxygens (including phenoxy) is 1. The maximum atomic E-state index is 12.1. The molecule has 4 atom stereocenters. The zero-order valence-corrected chi connectivity index (χ0v) is 20.9. The number of hydrogen-bond donors (Lipinski definition) is 3. The zero-order chi connectivity index (χ0) is 23.2. The van der Waals surface area contributed by atoms with Crippen molar-refractivity contribution in [1.82, 2.24) is 19.5 Å². The van der Waals surface area contributed by atoms with Gasteiger partial charge in [-0.15, -0.1) is 0 Å². The monoisotopic (exact) mass is 623 g/mol. The lowest BCUT2D eigenvalue weighted by atomic mass is 10.2. The molecule has 0 amide bonds. The van der Waals surface area contributed by atoms with E-state index in [9.17, 15) is 28.7 Å². The number of allylic oxidation sites excluding steroid dienone is 1. The number of fused-ring (bicyclic) bond motifs is 1. The summed E-state index contributed by atoms with van der Waals surface area (Å²) in [7, 11) is -16.2. The summed E-state index contributed by atoms with van der Waals surface area (Å²) in [6, 6.07) is -0.293. The van der Waals surface area contributed by atoms with Crippen LogP contribution in [0, 0.1) is 0 Å². The summed E-state index contributed by atoms with van der Waals surface area (Å²) in [5, 5.41) is 0. The van der Waals surface area contributed by atoms with Crippen molar-refractivity contribution in [3.8, 4) is 0 Å². The van der Waals surface area contributed by atoms with Gasteiger partial charge in [-0.3, -0.25) is 13.8 Å². The Hall–Kier alpha value is -0.340. The van der Waals surface area contributed by atoms with Gasteiger partial charge < -0.3 is 39.2 Å². The Morgan fingerprint density at radius 3 is 2.65 bits per heavy atom. The highest BCUT2D eigenvalue weighted by Crippen LogP contribution is 2.80. The van der Waals surface area contributed by atoms with E-state index in [0.717, 1.165) is 0 Å². The second-order valence-electron chi connectivity index (χ2n) is 6.35. The molecule has 0 saturated heterocycles. The van der Waals surface area contributed by atoms with Crippen LogP contribution in [0.3, 0.4) is 0 Å². The predicted octanol–water partition coefficient (Wildman–Crippen LogP) is -0.116. The molecule has 172 valence electrons. The number of hydrogen-bond acceptors (Lipinski definition) is 12. The molecule has 4 N–H and O–H groups in total. The molecule has 1 aliphatic rings. The summed E-state index contributed by atoms with van der Waals surface area (Å²) in [4.78, 5) is 65.4. The van der Waals surface area contributed by atoms with Crippen LogP contribution in [0.15, 0.2) is 24.8 Å². The molecule has 19 heteroatoms. The molecular weight excluding hydrogens is 611 g/mol. The molecule has 0 aliphatic heterocycles. The van der Waals surface area contributed by atoms with Crippen LogP contribution in [0.1, 0.15) is 12.5 Å². The Labute approximate surface area is 192 Å². The molecule has 1 aliphatic carbocycles. The van der Waals surface area contributed by atoms with Crippen LogP contribution in [0.4, 0.5) is 5.82 Å². The highest BCUT2D eigenvalue weighted by Gasteiger charge is 2.58. The summed E-state index contributed by atoms with van der Waals surface area (Å²) in [6.45, 7) is 0. The Morgan fingerprint density at radius 2 is 2.00 bits per heavy atom. The van der Waals surface area contributed by atoms with Gasteiger partial charge in [0.25, 0.3) is 0 Å². The van der Waals surface area contributed by atoms with Crippen molar-refractivity contribution in [2.75, 3.05) is 12.1 Å². The highest BCUT2D eigenvalue weighted by molar-refractivity contribution is 9.29. The van der Waals surface area contributed by atoms with Crippen molar-refractivity contribution in [1.29, 1.82) is 0 Å². The molecular formula is C12H14Br2N5O9P3-2. The van der Waals surface area contributed by atoms with Crippen LogP contribution in [0.2, 0.25) is 0 Å². The van der Waals surface area contributed by atoms with Crippen molar-refractivity contribution in [3.63, 3.8) is 0 Å². The lowest BCUT2D eigenvalue weighted by Gasteiger charge is -2.41. The number of anilines is 1. The minimum Gasteiger partial charge on any atom is -0.777 e. The molecule has 2 aromatic heterocycles. The van der Waals surface area contributed by atoms with E-state index in [0.29, 0.717) is 11.2 Å². The SMILES string of the molecule is Nc1ncnc2c1ncn2[C@@H]1C=C[C@H](OCP(=O)([O-])OP(=O)(O)C(Br)(Br)[P+]([O-])([O-])O)C1. The van der Waals surface area contributed by atoms with Crippen LogP contribution in [-0.4, -0.2) is 44.5 Å². The average Bonchev–Trinajstić information content (AvgIpc) is 3.25. The van der Waals surface area contributed by atoms with Crippen molar-refractivity contribution in [3.05, 3.63) is 24.8 Å². The van der Waals surface area contributed by atoms with E-state index in [-0.39, 0.29) is 18.3 Å². The first-order chi connectivity index (χ1) is 14.1. The number of nitrogens with two attached hydrogens (primary N) is 1. The largest absolute Gasteiger partial charge is 0.777 e. The van der Waals surface area contributed by atoms with Crippen LogP contribution in [-0.2, 0) is 18.2 Å². The first-order valence-electron chi connectivity index (χ1n) is 8.13. The van der Waals surface area contributed by atoms with Crippen molar-refractivity contribution < 1.29 is 42.6 Å². The number of nitrogen functional groups attached to an aromatic ring is 1. The zero-order valence-electron chi connectivity index (χ0n) is 15.1. The lowest BCUT2D eigenvalue weighted by Crippen LogP contribution is -2.35. The number of alkyl halides is 2. The molecule has 0 bridgehead atoms. The Bertz CT molecular complexity index is 1110. The van der Waals surface area contributed by atoms with E-state index in [2.05, 4.69) is 51.1 Å². The van der Waals surface area contributed by atoms with Gasteiger partial charge in [0.15, 0.2) is 19.1 Å². The van der Waals surface area contributed by atoms with Crippen LogP contribution >= 0.6 is 55.0 Å². The van der Waals surface area contributed by atoms with Crippen LogP contribution < -0.4 is 20.4 Å². The van der Waals surface area contributed by atoms with Crippen molar-refractivity contribution >= 4 is 72.0 Å². The van der Waals surface area contributed by atoms with Gasteiger partial charge in [-0.25, -0.2) is 15.0 Å². The smallest absolute Gasteiger partial charge is 0.399 e. The topological polar surface area (TPSA) is 232 Å². The molecule has 2 aromatic rings. The standard InChI is InChI=1S/C12H16Br2N5O9P3/c13-12(14,30(22,23)24)31(25,26)28-29(20,21)6-27-8-2-1-7(3-8)19-5-18-9-10(15)16-4-17-11(9)19/h1-2,4-5,7-8H,3,6H2,(H,20,21)(H,25,26)(H2,15,16,17)(H2,22,23,24)/p-2/t7-,8+/m1/s1. The number of aromatic nitrogens is 4. The molecule has 31 heavy (non-hydrogen) atoms. The molecule has 2 unspecified atom stereocenters. The summed E-state index contributed by atoms with van der Waals surface area (Å²) >= 11 is 4.52. The molecule has 0 saturated carbocycles. The van der Waals surface area contributed by atoms with E-state index < -0.39 is 38.3 Å². The minimum absolute atomic E-state index is 0.205. The fourth-order valence-electron chi connectivity index (χ4n) is 2.68. The second kappa shape index (κ2) is 8.79. The van der Waals surface area contributed by atoms with Crippen LogP contribution in [0.5, 0.6) is 0 Å². The number of rotatable bonds is 8. The summed E-state index contributed by atoms with van der Waals surface area (Å²) < 4.78 is 32.1. The number of halogens is 2. The summed E-state index contributed by atoms with van der Waals surface area (Å²) in [5.41, 5.74) is 6.62. The van der Waals surface area contributed by atoms with Gasteiger partial charge in [-0.1, -0.05) is 12.2 Å². The Balaban J connectivity index is 1.63. The fraction of sp³-hybridized carbons (Fsp3) is 0.417. The van der Waals surface area contributed by atoms with Gasteiger partial charge in [-0.05, 0) is 31.9 Å². The van der Waals surface area contributed by atoms with E-state index in [4.69, 9.17) is 15.4 Å². The lowest BCUT2D eigenvalue weighted by molar-refractivity contribution is -0.331. The van der Waals surface area contributed by atoms with Crippen molar-refractivity contribution in [2.24, 2.45) is 0 Å². The average molecular weight is 625 g/mol.